The van der Waals surface area contributed by atoms with Crippen LogP contribution < -0.4 is 20.1 Å². The monoisotopic (exact) mass is 463 g/mol. The van der Waals surface area contributed by atoms with Crippen LogP contribution in [0.2, 0.25) is 0 Å². The van der Waals surface area contributed by atoms with Crippen LogP contribution in [-0.2, 0) is 0 Å². The molecule has 8 heteroatoms. The Balaban J connectivity index is 1.52. The van der Waals surface area contributed by atoms with Gasteiger partial charge in [-0.25, -0.2) is 4.98 Å². The highest BCUT2D eigenvalue weighted by Crippen LogP contribution is 2.32. The zero-order valence-corrected chi connectivity index (χ0v) is 19.4. The molecule has 3 aromatic carbocycles. The van der Waals surface area contributed by atoms with Crippen molar-refractivity contribution in [3.05, 3.63) is 71.8 Å². The molecule has 0 aliphatic rings. The highest BCUT2D eigenvalue weighted by Gasteiger charge is 2.13. The first-order valence-corrected chi connectivity index (χ1v) is 11.0. The number of hydrogen-bond donors (Lipinski definition) is 2. The largest absolute Gasteiger partial charge is 0.497 e. The fourth-order valence-corrected chi connectivity index (χ4v) is 4.32. The van der Waals surface area contributed by atoms with E-state index in [1.807, 2.05) is 43.3 Å². The lowest BCUT2D eigenvalue weighted by Crippen LogP contribution is -2.34. The number of carbonyl (C=O) groups excluding carboxylic acids is 1. The number of nitrogens with one attached hydrogen (secondary N) is 2. The Morgan fingerprint density at radius 1 is 1.00 bits per heavy atom. The van der Waals surface area contributed by atoms with Crippen LogP contribution in [0.25, 0.3) is 20.8 Å². The summed E-state index contributed by atoms with van der Waals surface area (Å²) in [5, 5.41) is 6.96. The number of anilines is 1. The predicted molar refractivity (Wildman–Crippen MR) is 133 cm³/mol. The number of amides is 1. The quantitative estimate of drug-likeness (QED) is 0.385. The molecule has 0 saturated heterocycles. The van der Waals surface area contributed by atoms with Gasteiger partial charge in [0, 0.05) is 22.9 Å². The molecule has 1 amide bonds. The van der Waals surface area contributed by atoms with Gasteiger partial charge in [-0.15, -0.1) is 11.3 Å². The van der Waals surface area contributed by atoms with E-state index in [2.05, 4.69) is 16.7 Å². The SMILES string of the molecule is COc1cc(OC)cc(C(=O)NC(=S)Nc2cc(-c3nc4ccccc4s3)ccc2C)c1. The van der Waals surface area contributed by atoms with Crippen molar-refractivity contribution in [2.45, 2.75) is 6.92 Å². The van der Waals surface area contributed by atoms with Crippen LogP contribution in [0.4, 0.5) is 5.69 Å². The second-order valence-corrected chi connectivity index (χ2v) is 8.46. The first-order chi connectivity index (χ1) is 15.5. The number of ether oxygens (including phenoxy) is 2. The Morgan fingerprint density at radius 3 is 2.41 bits per heavy atom. The van der Waals surface area contributed by atoms with Crippen molar-refractivity contribution in [2.24, 2.45) is 0 Å². The smallest absolute Gasteiger partial charge is 0.257 e. The topological polar surface area (TPSA) is 72.5 Å². The molecule has 0 fully saturated rings. The van der Waals surface area contributed by atoms with Gasteiger partial charge in [-0.1, -0.05) is 24.3 Å². The Hall–Kier alpha value is -3.49. The summed E-state index contributed by atoms with van der Waals surface area (Å²) in [6.07, 6.45) is 0. The minimum absolute atomic E-state index is 0.196. The van der Waals surface area contributed by atoms with Crippen molar-refractivity contribution >= 4 is 50.5 Å². The van der Waals surface area contributed by atoms with E-state index >= 15 is 0 Å². The molecule has 0 bridgehead atoms. The van der Waals surface area contributed by atoms with Gasteiger partial charge in [0.1, 0.15) is 16.5 Å². The lowest BCUT2D eigenvalue weighted by Gasteiger charge is -2.13. The molecule has 6 nitrogen and oxygen atoms in total. The van der Waals surface area contributed by atoms with Gasteiger partial charge in [0.2, 0.25) is 0 Å². The molecule has 0 radical (unpaired) electrons. The third-order valence-electron chi connectivity index (χ3n) is 4.87. The number of carbonyl (C=O) groups is 1. The van der Waals surface area contributed by atoms with E-state index < -0.39 is 0 Å². The summed E-state index contributed by atoms with van der Waals surface area (Å²) in [6.45, 7) is 1.97. The van der Waals surface area contributed by atoms with Crippen molar-refractivity contribution in [3.63, 3.8) is 0 Å². The standard InChI is InChI=1S/C24H21N3O3S2/c1-14-8-9-15(23-25-19-6-4-5-7-21(19)32-23)12-20(14)26-24(31)27-22(28)16-10-17(29-2)13-18(11-16)30-3/h4-13H,1-3H3,(H2,26,27,28,31). The van der Waals surface area contributed by atoms with Crippen LogP contribution in [0, 0.1) is 6.92 Å². The molecule has 0 spiro atoms. The van der Waals surface area contributed by atoms with Gasteiger partial charge in [0.05, 0.1) is 24.4 Å². The molecule has 0 aliphatic heterocycles. The summed E-state index contributed by atoms with van der Waals surface area (Å²) in [4.78, 5) is 17.4. The predicted octanol–water partition coefficient (Wildman–Crippen LogP) is 5.42. The number of para-hydroxylation sites is 1. The van der Waals surface area contributed by atoms with Gasteiger partial charge < -0.3 is 14.8 Å². The molecule has 2 N–H and O–H groups in total. The maximum absolute atomic E-state index is 12.7. The molecular formula is C24H21N3O3S2. The maximum Gasteiger partial charge on any atom is 0.257 e. The molecule has 0 saturated carbocycles. The average molecular weight is 464 g/mol. The first-order valence-electron chi connectivity index (χ1n) is 9.79. The summed E-state index contributed by atoms with van der Waals surface area (Å²) in [6, 6.07) is 19.0. The van der Waals surface area contributed by atoms with E-state index in [-0.39, 0.29) is 11.0 Å². The van der Waals surface area contributed by atoms with Crippen LogP contribution in [0.3, 0.4) is 0 Å². The average Bonchev–Trinajstić information content (AvgIpc) is 3.24. The number of nitrogens with zero attached hydrogens (tertiary/aromatic N) is 1. The number of fused-ring (bicyclic) bond motifs is 1. The van der Waals surface area contributed by atoms with E-state index in [1.165, 1.54) is 14.2 Å². The van der Waals surface area contributed by atoms with Gasteiger partial charge in [-0.05, 0) is 55.0 Å². The number of benzene rings is 3. The maximum atomic E-state index is 12.7. The van der Waals surface area contributed by atoms with E-state index in [0.717, 1.165) is 32.0 Å². The molecular weight excluding hydrogens is 442 g/mol. The number of aromatic nitrogens is 1. The Morgan fingerprint density at radius 2 is 1.72 bits per heavy atom. The zero-order valence-electron chi connectivity index (χ0n) is 17.8. The van der Waals surface area contributed by atoms with Crippen molar-refractivity contribution in [1.82, 2.24) is 10.3 Å². The molecule has 4 rings (SSSR count). The van der Waals surface area contributed by atoms with Gasteiger partial charge in [0.15, 0.2) is 5.11 Å². The third-order valence-corrected chi connectivity index (χ3v) is 6.16. The van der Waals surface area contributed by atoms with Crippen molar-refractivity contribution in [2.75, 3.05) is 19.5 Å². The van der Waals surface area contributed by atoms with Crippen LogP contribution in [-0.4, -0.2) is 30.2 Å². The van der Waals surface area contributed by atoms with E-state index in [0.29, 0.717) is 17.1 Å². The summed E-state index contributed by atoms with van der Waals surface area (Å²) in [7, 11) is 3.06. The van der Waals surface area contributed by atoms with Crippen molar-refractivity contribution < 1.29 is 14.3 Å². The highest BCUT2D eigenvalue weighted by molar-refractivity contribution is 7.80. The number of methoxy groups -OCH3 is 2. The van der Waals surface area contributed by atoms with Crippen molar-refractivity contribution in [3.8, 4) is 22.1 Å². The van der Waals surface area contributed by atoms with Crippen LogP contribution >= 0.6 is 23.6 Å². The number of aryl methyl sites for hydroxylation is 1. The summed E-state index contributed by atoms with van der Waals surface area (Å²) >= 11 is 7.02. The highest BCUT2D eigenvalue weighted by atomic mass is 32.1. The summed E-state index contributed by atoms with van der Waals surface area (Å²) in [5.41, 5.74) is 4.13. The van der Waals surface area contributed by atoms with Gasteiger partial charge in [-0.3, -0.25) is 10.1 Å². The lowest BCUT2D eigenvalue weighted by molar-refractivity contribution is 0.0977. The molecule has 0 aliphatic carbocycles. The molecule has 0 atom stereocenters. The van der Waals surface area contributed by atoms with E-state index in [4.69, 9.17) is 26.7 Å². The normalized spacial score (nSPS) is 10.6. The number of hydrogen-bond acceptors (Lipinski definition) is 6. The lowest BCUT2D eigenvalue weighted by atomic mass is 10.1. The van der Waals surface area contributed by atoms with Gasteiger partial charge in [0.25, 0.3) is 5.91 Å². The van der Waals surface area contributed by atoms with Gasteiger partial charge >= 0.3 is 0 Å². The second-order valence-electron chi connectivity index (χ2n) is 7.03. The number of rotatable bonds is 5. The minimum atomic E-state index is -0.361. The molecule has 4 aromatic rings. The fourth-order valence-electron chi connectivity index (χ4n) is 3.15. The van der Waals surface area contributed by atoms with Gasteiger partial charge in [-0.2, -0.15) is 0 Å². The van der Waals surface area contributed by atoms with Crippen LogP contribution in [0.5, 0.6) is 11.5 Å². The molecule has 32 heavy (non-hydrogen) atoms. The van der Waals surface area contributed by atoms with E-state index in [9.17, 15) is 4.79 Å². The zero-order chi connectivity index (χ0) is 22.7. The number of thiocarbonyl (C=S) groups is 1. The van der Waals surface area contributed by atoms with E-state index in [1.54, 1.807) is 29.5 Å². The fraction of sp³-hybridized carbons (Fsp3) is 0.125. The third kappa shape index (κ3) is 4.71. The first kappa shape index (κ1) is 21.7. The molecule has 162 valence electrons. The molecule has 1 aromatic heterocycles. The number of thiazole rings is 1. The van der Waals surface area contributed by atoms with Crippen LogP contribution in [0.1, 0.15) is 15.9 Å². The second kappa shape index (κ2) is 9.33. The Bertz CT molecular complexity index is 1260. The Labute approximate surface area is 195 Å². The minimum Gasteiger partial charge on any atom is -0.497 e. The van der Waals surface area contributed by atoms with Crippen LogP contribution in [0.15, 0.2) is 60.7 Å². The summed E-state index contributed by atoms with van der Waals surface area (Å²) in [5.74, 6) is 0.681. The summed E-state index contributed by atoms with van der Waals surface area (Å²) < 4.78 is 11.6. The molecule has 1 heterocycles. The Kier molecular flexibility index (Phi) is 6.34. The van der Waals surface area contributed by atoms with Crippen molar-refractivity contribution in [1.29, 1.82) is 0 Å². The molecule has 0 unspecified atom stereocenters.